The van der Waals surface area contributed by atoms with Gasteiger partial charge in [-0.2, -0.15) is 5.10 Å². The molecule has 0 aliphatic heterocycles. The summed E-state index contributed by atoms with van der Waals surface area (Å²) < 4.78 is 1.71. The number of rotatable bonds is 5. The zero-order valence-electron chi connectivity index (χ0n) is 11.0. The van der Waals surface area contributed by atoms with Gasteiger partial charge in [0.05, 0.1) is 12.1 Å². The molecule has 104 valence electrons. The van der Waals surface area contributed by atoms with Crippen LogP contribution in [-0.4, -0.2) is 32.8 Å². The van der Waals surface area contributed by atoms with Crippen LogP contribution >= 0.6 is 0 Å². The van der Waals surface area contributed by atoms with Crippen molar-refractivity contribution in [1.29, 1.82) is 0 Å². The number of amides is 1. The molecule has 1 aliphatic carbocycles. The molecule has 1 aliphatic rings. The molecule has 2 atom stereocenters. The Kier molecular flexibility index (Phi) is 4.19. The Morgan fingerprint density at radius 1 is 1.53 bits per heavy atom. The van der Waals surface area contributed by atoms with Crippen LogP contribution in [-0.2, 0) is 23.1 Å². The molecule has 19 heavy (non-hydrogen) atoms. The number of carbonyl (C=O) groups excluding carboxylic acids is 1. The average molecular weight is 265 g/mol. The van der Waals surface area contributed by atoms with Gasteiger partial charge in [0.1, 0.15) is 0 Å². The lowest BCUT2D eigenvalue weighted by molar-refractivity contribution is -0.141. The molecule has 0 spiro atoms. The van der Waals surface area contributed by atoms with Gasteiger partial charge in [-0.05, 0) is 31.2 Å². The van der Waals surface area contributed by atoms with Crippen LogP contribution < -0.4 is 5.32 Å². The number of aliphatic carboxylic acids is 1. The molecule has 0 saturated heterocycles. The van der Waals surface area contributed by atoms with Crippen LogP contribution in [0.25, 0.3) is 0 Å². The molecule has 6 heteroatoms. The van der Waals surface area contributed by atoms with Gasteiger partial charge in [0.15, 0.2) is 0 Å². The van der Waals surface area contributed by atoms with Crippen LogP contribution in [0, 0.1) is 5.92 Å². The second kappa shape index (κ2) is 5.86. The lowest BCUT2D eigenvalue weighted by Gasteiger charge is -2.12. The Labute approximate surface area is 111 Å². The molecule has 1 fully saturated rings. The second-order valence-electron chi connectivity index (χ2n) is 5.13. The minimum Gasteiger partial charge on any atom is -0.481 e. The van der Waals surface area contributed by atoms with Crippen LogP contribution in [0.5, 0.6) is 0 Å². The van der Waals surface area contributed by atoms with E-state index >= 15 is 0 Å². The zero-order chi connectivity index (χ0) is 13.8. The summed E-state index contributed by atoms with van der Waals surface area (Å²) in [6.07, 6.45) is 6.69. The molecular formula is C13H19N3O3. The number of aromatic nitrogens is 2. The van der Waals surface area contributed by atoms with Crippen molar-refractivity contribution in [2.24, 2.45) is 13.0 Å². The third kappa shape index (κ3) is 3.81. The van der Waals surface area contributed by atoms with E-state index in [9.17, 15) is 9.59 Å². The van der Waals surface area contributed by atoms with Crippen LogP contribution in [0.4, 0.5) is 0 Å². The maximum absolute atomic E-state index is 11.8. The number of carbonyl (C=O) groups is 2. The molecule has 1 heterocycles. The van der Waals surface area contributed by atoms with E-state index in [0.717, 1.165) is 12.0 Å². The Bertz CT molecular complexity index is 469. The van der Waals surface area contributed by atoms with Crippen molar-refractivity contribution in [3.05, 3.63) is 18.0 Å². The summed E-state index contributed by atoms with van der Waals surface area (Å²) in [7, 11) is 1.84. The molecule has 1 saturated carbocycles. The smallest absolute Gasteiger partial charge is 0.306 e. The molecule has 2 rings (SSSR count). The summed E-state index contributed by atoms with van der Waals surface area (Å²) in [5, 5.41) is 15.9. The van der Waals surface area contributed by atoms with Gasteiger partial charge in [0.25, 0.3) is 0 Å². The number of hydrogen-bond acceptors (Lipinski definition) is 3. The van der Waals surface area contributed by atoms with Crippen molar-refractivity contribution in [1.82, 2.24) is 15.1 Å². The first-order valence-electron chi connectivity index (χ1n) is 6.54. The third-order valence-electron chi connectivity index (χ3n) is 3.55. The highest BCUT2D eigenvalue weighted by atomic mass is 16.4. The van der Waals surface area contributed by atoms with Gasteiger partial charge in [0, 0.05) is 25.7 Å². The van der Waals surface area contributed by atoms with Gasteiger partial charge in [0.2, 0.25) is 5.91 Å². The minimum atomic E-state index is -0.757. The first-order chi connectivity index (χ1) is 9.04. The first-order valence-corrected chi connectivity index (χ1v) is 6.54. The Balaban J connectivity index is 1.72. The average Bonchev–Trinajstić information content (AvgIpc) is 2.96. The highest BCUT2D eigenvalue weighted by Crippen LogP contribution is 2.25. The molecule has 1 amide bonds. The SMILES string of the molecule is Cn1cc(CCC(=O)N[C@H]2CC[C@@H](C(=O)O)C2)cn1. The zero-order valence-corrected chi connectivity index (χ0v) is 11.0. The van der Waals surface area contributed by atoms with Gasteiger partial charge in [-0.3, -0.25) is 14.3 Å². The molecule has 0 bridgehead atoms. The highest BCUT2D eigenvalue weighted by molar-refractivity contribution is 5.77. The highest BCUT2D eigenvalue weighted by Gasteiger charge is 2.30. The van der Waals surface area contributed by atoms with Gasteiger partial charge in [-0.25, -0.2) is 0 Å². The topological polar surface area (TPSA) is 84.2 Å². The Hall–Kier alpha value is -1.85. The number of nitrogens with zero attached hydrogens (tertiary/aromatic N) is 2. The van der Waals surface area contributed by atoms with Crippen molar-refractivity contribution in [2.75, 3.05) is 0 Å². The minimum absolute atomic E-state index is 0.0140. The normalized spacial score (nSPS) is 22.4. The van der Waals surface area contributed by atoms with Gasteiger partial charge >= 0.3 is 5.97 Å². The van der Waals surface area contributed by atoms with E-state index < -0.39 is 5.97 Å². The van der Waals surface area contributed by atoms with Gasteiger partial charge in [-0.1, -0.05) is 0 Å². The van der Waals surface area contributed by atoms with Crippen molar-refractivity contribution in [3.8, 4) is 0 Å². The third-order valence-corrected chi connectivity index (χ3v) is 3.55. The number of aryl methyl sites for hydroxylation is 2. The number of nitrogens with one attached hydrogen (secondary N) is 1. The fourth-order valence-electron chi connectivity index (χ4n) is 2.50. The number of hydrogen-bond donors (Lipinski definition) is 2. The van der Waals surface area contributed by atoms with E-state index in [4.69, 9.17) is 5.11 Å². The van der Waals surface area contributed by atoms with Crippen molar-refractivity contribution >= 4 is 11.9 Å². The largest absolute Gasteiger partial charge is 0.481 e. The standard InChI is InChI=1S/C13H19N3O3/c1-16-8-9(7-14-16)2-5-12(17)15-11-4-3-10(6-11)13(18)19/h7-8,10-11H,2-6H2,1H3,(H,15,17)(H,18,19)/t10-,11+/m1/s1. The van der Waals surface area contributed by atoms with Crippen LogP contribution in [0.3, 0.4) is 0 Å². The van der Waals surface area contributed by atoms with Crippen LogP contribution in [0.2, 0.25) is 0 Å². The summed E-state index contributed by atoms with van der Waals surface area (Å²) in [5.74, 6) is -1.07. The monoisotopic (exact) mass is 265 g/mol. The van der Waals surface area contributed by atoms with Crippen molar-refractivity contribution in [2.45, 2.75) is 38.1 Å². The maximum Gasteiger partial charge on any atom is 0.306 e. The fraction of sp³-hybridized carbons (Fsp3) is 0.615. The molecular weight excluding hydrogens is 246 g/mol. The Morgan fingerprint density at radius 2 is 2.32 bits per heavy atom. The molecule has 6 nitrogen and oxygen atoms in total. The first kappa shape index (κ1) is 13.6. The lowest BCUT2D eigenvalue weighted by Crippen LogP contribution is -2.33. The van der Waals surface area contributed by atoms with Gasteiger partial charge in [-0.15, -0.1) is 0 Å². The van der Waals surface area contributed by atoms with E-state index in [-0.39, 0.29) is 17.9 Å². The second-order valence-corrected chi connectivity index (χ2v) is 5.13. The summed E-state index contributed by atoms with van der Waals surface area (Å²) in [5.41, 5.74) is 1.03. The molecule has 0 unspecified atom stereocenters. The molecule has 2 N–H and O–H groups in total. The van der Waals surface area contributed by atoms with E-state index in [1.54, 1.807) is 10.9 Å². The Morgan fingerprint density at radius 3 is 2.89 bits per heavy atom. The fourth-order valence-corrected chi connectivity index (χ4v) is 2.50. The number of carboxylic acid groups (broad SMARTS) is 1. The van der Waals surface area contributed by atoms with Gasteiger partial charge < -0.3 is 10.4 Å². The summed E-state index contributed by atoms with van der Waals surface area (Å²) in [6, 6.07) is 0.0162. The summed E-state index contributed by atoms with van der Waals surface area (Å²) >= 11 is 0. The van der Waals surface area contributed by atoms with E-state index in [1.807, 2.05) is 13.2 Å². The van der Waals surface area contributed by atoms with E-state index in [1.165, 1.54) is 0 Å². The predicted molar refractivity (Wildman–Crippen MR) is 68.4 cm³/mol. The van der Waals surface area contributed by atoms with E-state index in [2.05, 4.69) is 10.4 Å². The quantitative estimate of drug-likeness (QED) is 0.821. The predicted octanol–water partition coefficient (Wildman–Crippen LogP) is 0.722. The van der Waals surface area contributed by atoms with E-state index in [0.29, 0.717) is 25.7 Å². The van der Waals surface area contributed by atoms with Crippen molar-refractivity contribution in [3.63, 3.8) is 0 Å². The summed E-state index contributed by atoms with van der Waals surface area (Å²) in [4.78, 5) is 22.6. The summed E-state index contributed by atoms with van der Waals surface area (Å²) in [6.45, 7) is 0. The van der Waals surface area contributed by atoms with Crippen LogP contribution in [0.1, 0.15) is 31.2 Å². The molecule has 0 radical (unpaired) electrons. The molecule has 1 aromatic rings. The molecule has 0 aromatic carbocycles. The van der Waals surface area contributed by atoms with Crippen LogP contribution in [0.15, 0.2) is 12.4 Å². The van der Waals surface area contributed by atoms with Crippen molar-refractivity contribution < 1.29 is 14.7 Å². The number of carboxylic acids is 1. The lowest BCUT2D eigenvalue weighted by atomic mass is 10.1. The molecule has 1 aromatic heterocycles. The maximum atomic E-state index is 11.8.